The maximum atomic E-state index is 11.0. The summed E-state index contributed by atoms with van der Waals surface area (Å²) < 4.78 is 0. The highest BCUT2D eigenvalue weighted by Crippen LogP contribution is 2.34. The molecule has 0 radical (unpaired) electrons. The lowest BCUT2D eigenvalue weighted by atomic mass is 10.2. The van der Waals surface area contributed by atoms with E-state index in [1.165, 1.54) is 18.2 Å². The van der Waals surface area contributed by atoms with Crippen molar-refractivity contribution in [1.29, 1.82) is 0 Å². The molecule has 0 saturated carbocycles. The number of nitrogens with zero attached hydrogens (tertiary/aromatic N) is 2. The van der Waals surface area contributed by atoms with Crippen LogP contribution in [-0.4, -0.2) is 9.85 Å². The van der Waals surface area contributed by atoms with Crippen LogP contribution in [0.3, 0.4) is 0 Å². The third-order valence-electron chi connectivity index (χ3n) is 2.65. The van der Waals surface area contributed by atoms with Crippen molar-refractivity contribution < 1.29 is 9.85 Å². The zero-order valence-corrected chi connectivity index (χ0v) is 11.2. The third-order valence-corrected chi connectivity index (χ3v) is 2.98. The Labute approximate surface area is 123 Å². The van der Waals surface area contributed by atoms with Crippen molar-refractivity contribution in [1.82, 2.24) is 0 Å². The first-order chi connectivity index (χ1) is 9.88. The predicted molar refractivity (Wildman–Crippen MR) is 78.9 cm³/mol. The van der Waals surface area contributed by atoms with E-state index in [1.54, 1.807) is 6.07 Å². The molecule has 21 heavy (non-hydrogen) atoms. The number of nitrogen functional groups attached to an aromatic ring is 1. The zero-order valence-electron chi connectivity index (χ0n) is 10.4. The molecular formula is C12H9ClN4O4. The third kappa shape index (κ3) is 3.18. The van der Waals surface area contributed by atoms with E-state index in [9.17, 15) is 20.2 Å². The summed E-state index contributed by atoms with van der Waals surface area (Å²) in [5, 5.41) is 24.8. The number of halogens is 1. The average Bonchev–Trinajstić information content (AvgIpc) is 2.42. The van der Waals surface area contributed by atoms with Crippen LogP contribution in [0.5, 0.6) is 0 Å². The van der Waals surface area contributed by atoms with E-state index in [4.69, 9.17) is 17.3 Å². The van der Waals surface area contributed by atoms with Crippen LogP contribution < -0.4 is 11.1 Å². The summed E-state index contributed by atoms with van der Waals surface area (Å²) in [6.07, 6.45) is 0. The second-order valence-electron chi connectivity index (χ2n) is 4.08. The standard InChI is InChI=1S/C12H9ClN4O4/c13-9-3-1-7(14)5-11(9)15-10-4-2-8(16(18)19)6-12(10)17(20)21/h1-6,15H,14H2. The van der Waals surface area contributed by atoms with Gasteiger partial charge in [0, 0.05) is 11.8 Å². The van der Waals surface area contributed by atoms with Crippen LogP contribution >= 0.6 is 11.6 Å². The first-order valence-electron chi connectivity index (χ1n) is 5.63. The van der Waals surface area contributed by atoms with Gasteiger partial charge in [0.25, 0.3) is 11.4 Å². The molecule has 0 aromatic heterocycles. The lowest BCUT2D eigenvalue weighted by Gasteiger charge is -2.09. The quantitative estimate of drug-likeness (QED) is 0.506. The highest BCUT2D eigenvalue weighted by atomic mass is 35.5. The number of benzene rings is 2. The summed E-state index contributed by atoms with van der Waals surface area (Å²) in [5.74, 6) is 0. The fourth-order valence-corrected chi connectivity index (χ4v) is 1.84. The summed E-state index contributed by atoms with van der Waals surface area (Å²) >= 11 is 5.96. The number of nitrogens with two attached hydrogens (primary N) is 1. The fraction of sp³-hybridized carbons (Fsp3) is 0. The molecule has 2 rings (SSSR count). The van der Waals surface area contributed by atoms with Gasteiger partial charge in [0.1, 0.15) is 5.69 Å². The smallest absolute Gasteiger partial charge is 0.299 e. The molecule has 2 aromatic carbocycles. The van der Waals surface area contributed by atoms with Crippen molar-refractivity contribution in [2.75, 3.05) is 11.1 Å². The SMILES string of the molecule is Nc1ccc(Cl)c(Nc2ccc([N+](=O)[O-])cc2[N+](=O)[O-])c1. The van der Waals surface area contributed by atoms with Crippen molar-refractivity contribution in [3.8, 4) is 0 Å². The Bertz CT molecular complexity index is 735. The number of hydrogen-bond acceptors (Lipinski definition) is 6. The van der Waals surface area contributed by atoms with Crippen molar-refractivity contribution in [2.45, 2.75) is 0 Å². The highest BCUT2D eigenvalue weighted by molar-refractivity contribution is 6.33. The second-order valence-corrected chi connectivity index (χ2v) is 4.49. The van der Waals surface area contributed by atoms with Crippen molar-refractivity contribution in [3.63, 3.8) is 0 Å². The van der Waals surface area contributed by atoms with Gasteiger partial charge < -0.3 is 11.1 Å². The first-order valence-corrected chi connectivity index (χ1v) is 6.01. The van der Waals surface area contributed by atoms with Crippen LogP contribution in [0.15, 0.2) is 36.4 Å². The molecule has 0 atom stereocenters. The number of nitro groups is 2. The molecule has 3 N–H and O–H groups in total. The Morgan fingerprint density at radius 1 is 1.00 bits per heavy atom. The van der Waals surface area contributed by atoms with E-state index >= 15 is 0 Å². The Balaban J connectivity index is 2.46. The zero-order chi connectivity index (χ0) is 15.6. The molecule has 0 heterocycles. The van der Waals surface area contributed by atoms with Gasteiger partial charge in [-0.05, 0) is 24.3 Å². The van der Waals surface area contributed by atoms with Crippen LogP contribution in [0.1, 0.15) is 0 Å². The molecule has 108 valence electrons. The molecule has 0 saturated heterocycles. The van der Waals surface area contributed by atoms with Crippen LogP contribution in [0.25, 0.3) is 0 Å². The highest BCUT2D eigenvalue weighted by Gasteiger charge is 2.20. The van der Waals surface area contributed by atoms with E-state index < -0.39 is 15.5 Å². The molecular weight excluding hydrogens is 300 g/mol. The van der Waals surface area contributed by atoms with E-state index in [1.807, 2.05) is 0 Å². The predicted octanol–water partition coefficient (Wildman–Crippen LogP) is 3.48. The van der Waals surface area contributed by atoms with Gasteiger partial charge in [-0.2, -0.15) is 0 Å². The summed E-state index contributed by atoms with van der Waals surface area (Å²) in [6, 6.07) is 7.91. The van der Waals surface area contributed by atoms with Gasteiger partial charge >= 0.3 is 0 Å². The van der Waals surface area contributed by atoms with Gasteiger partial charge in [-0.1, -0.05) is 11.6 Å². The maximum absolute atomic E-state index is 11.0. The minimum Gasteiger partial charge on any atom is -0.399 e. The fourth-order valence-electron chi connectivity index (χ4n) is 1.67. The molecule has 9 heteroatoms. The lowest BCUT2D eigenvalue weighted by Crippen LogP contribution is -1.99. The number of hydrogen-bond donors (Lipinski definition) is 2. The number of rotatable bonds is 4. The van der Waals surface area contributed by atoms with Gasteiger partial charge in [-0.25, -0.2) is 0 Å². The minimum atomic E-state index is -0.713. The average molecular weight is 309 g/mol. The monoisotopic (exact) mass is 308 g/mol. The van der Waals surface area contributed by atoms with Gasteiger partial charge in [-0.15, -0.1) is 0 Å². The topological polar surface area (TPSA) is 124 Å². The van der Waals surface area contributed by atoms with Crippen LogP contribution in [0, 0.1) is 20.2 Å². The van der Waals surface area contributed by atoms with Crippen molar-refractivity contribution in [2.24, 2.45) is 0 Å². The molecule has 0 aliphatic rings. The van der Waals surface area contributed by atoms with E-state index in [0.29, 0.717) is 16.4 Å². The molecule has 0 unspecified atom stereocenters. The maximum Gasteiger partial charge on any atom is 0.299 e. The summed E-state index contributed by atoms with van der Waals surface area (Å²) in [4.78, 5) is 20.3. The molecule has 2 aromatic rings. The van der Waals surface area contributed by atoms with E-state index in [-0.39, 0.29) is 11.4 Å². The van der Waals surface area contributed by atoms with Gasteiger partial charge in [0.15, 0.2) is 0 Å². The molecule has 8 nitrogen and oxygen atoms in total. The van der Waals surface area contributed by atoms with Crippen molar-refractivity contribution >= 4 is 40.0 Å². The Morgan fingerprint density at radius 3 is 2.33 bits per heavy atom. The van der Waals surface area contributed by atoms with E-state index in [2.05, 4.69) is 5.32 Å². The summed E-state index contributed by atoms with van der Waals surface area (Å²) in [5.41, 5.74) is 5.70. The Hall–Kier alpha value is -2.87. The molecule has 0 amide bonds. The summed E-state index contributed by atoms with van der Waals surface area (Å²) in [6.45, 7) is 0. The van der Waals surface area contributed by atoms with Crippen LogP contribution in [-0.2, 0) is 0 Å². The van der Waals surface area contributed by atoms with Crippen LogP contribution in [0.4, 0.5) is 28.4 Å². The number of non-ortho nitro benzene ring substituents is 1. The summed E-state index contributed by atoms with van der Waals surface area (Å²) in [7, 11) is 0. The molecule has 0 aliphatic heterocycles. The van der Waals surface area contributed by atoms with Gasteiger partial charge in [-0.3, -0.25) is 20.2 Å². The Morgan fingerprint density at radius 2 is 1.71 bits per heavy atom. The minimum absolute atomic E-state index is 0.0816. The second kappa shape index (κ2) is 5.63. The van der Waals surface area contributed by atoms with Gasteiger partial charge in [0.05, 0.1) is 26.6 Å². The van der Waals surface area contributed by atoms with Gasteiger partial charge in [0.2, 0.25) is 0 Å². The number of anilines is 3. The first kappa shape index (κ1) is 14.5. The Kier molecular flexibility index (Phi) is 3.90. The molecule has 0 aliphatic carbocycles. The largest absolute Gasteiger partial charge is 0.399 e. The van der Waals surface area contributed by atoms with E-state index in [0.717, 1.165) is 12.1 Å². The molecule has 0 spiro atoms. The normalized spacial score (nSPS) is 10.1. The number of nitrogens with one attached hydrogen (secondary N) is 1. The van der Waals surface area contributed by atoms with Crippen LogP contribution in [0.2, 0.25) is 5.02 Å². The number of nitro benzene ring substituents is 2. The molecule has 0 bridgehead atoms. The lowest BCUT2D eigenvalue weighted by molar-refractivity contribution is -0.393. The van der Waals surface area contributed by atoms with Crippen molar-refractivity contribution in [3.05, 3.63) is 61.6 Å². The molecule has 0 fully saturated rings.